The van der Waals surface area contributed by atoms with Crippen LogP contribution >= 0.6 is 0 Å². The molecule has 110 valence electrons. The van der Waals surface area contributed by atoms with Crippen molar-refractivity contribution in [3.63, 3.8) is 0 Å². The minimum atomic E-state index is -0.435. The zero-order valence-electron chi connectivity index (χ0n) is 11.7. The summed E-state index contributed by atoms with van der Waals surface area (Å²) in [6, 6.07) is 7.13. The molecule has 0 aliphatic rings. The number of nitrogens with zero attached hydrogens (tertiary/aromatic N) is 1. The first-order valence-electron chi connectivity index (χ1n) is 6.34. The van der Waals surface area contributed by atoms with Crippen LogP contribution in [0, 0.1) is 29.8 Å². The number of benzene rings is 2. The number of halogens is 1. The number of nitro groups is 1. The summed E-state index contributed by atoms with van der Waals surface area (Å²) in [7, 11) is 0. The van der Waals surface area contributed by atoms with Gasteiger partial charge in [-0.25, -0.2) is 4.39 Å². The predicted octanol–water partition coefficient (Wildman–Crippen LogP) is 3.60. The highest BCUT2D eigenvalue weighted by Crippen LogP contribution is 2.32. The average molecular weight is 290 g/mol. The van der Waals surface area contributed by atoms with Crippen molar-refractivity contribution < 1.29 is 14.1 Å². The van der Waals surface area contributed by atoms with E-state index in [9.17, 15) is 14.5 Å². The number of aryl methyl sites for hydroxylation is 2. The Labute approximate surface area is 121 Å². The Balaban J connectivity index is 2.41. The fourth-order valence-electron chi connectivity index (χ4n) is 2.01. The van der Waals surface area contributed by atoms with Crippen LogP contribution in [0.1, 0.15) is 16.7 Å². The molecule has 0 radical (unpaired) electrons. The first kappa shape index (κ1) is 14.9. The Bertz CT molecular complexity index is 702. The van der Waals surface area contributed by atoms with E-state index < -0.39 is 4.92 Å². The molecule has 0 aliphatic carbocycles. The number of nitro benzene ring substituents is 1. The normalized spacial score (nSPS) is 10.5. The lowest BCUT2D eigenvalue weighted by Gasteiger charge is -2.13. The maximum atomic E-state index is 13.2. The molecule has 0 aromatic heterocycles. The summed E-state index contributed by atoms with van der Waals surface area (Å²) in [4.78, 5) is 10.5. The number of hydrogen-bond acceptors (Lipinski definition) is 4. The summed E-state index contributed by atoms with van der Waals surface area (Å²) < 4.78 is 18.9. The third kappa shape index (κ3) is 3.17. The van der Waals surface area contributed by atoms with Gasteiger partial charge in [-0.1, -0.05) is 0 Å². The average Bonchev–Trinajstić information content (AvgIpc) is 2.43. The van der Waals surface area contributed by atoms with Crippen LogP contribution in [0.15, 0.2) is 30.3 Å². The van der Waals surface area contributed by atoms with E-state index in [4.69, 9.17) is 10.5 Å². The summed E-state index contributed by atoms with van der Waals surface area (Å²) in [5, 5.41) is 10.9. The molecule has 0 saturated heterocycles. The van der Waals surface area contributed by atoms with Gasteiger partial charge in [0.15, 0.2) is 0 Å². The van der Waals surface area contributed by atoms with E-state index in [0.29, 0.717) is 28.2 Å². The fraction of sp³-hybridized carbons (Fsp3) is 0.200. The molecule has 0 saturated carbocycles. The van der Waals surface area contributed by atoms with E-state index >= 15 is 0 Å². The van der Waals surface area contributed by atoms with Crippen molar-refractivity contribution in [3.05, 3.63) is 63.0 Å². The highest BCUT2D eigenvalue weighted by molar-refractivity contribution is 5.51. The van der Waals surface area contributed by atoms with E-state index in [1.807, 2.05) is 0 Å². The van der Waals surface area contributed by atoms with Gasteiger partial charge in [0, 0.05) is 23.7 Å². The summed E-state index contributed by atoms with van der Waals surface area (Å²) in [6.45, 7) is 3.49. The van der Waals surface area contributed by atoms with E-state index in [1.165, 1.54) is 24.3 Å². The summed E-state index contributed by atoms with van der Waals surface area (Å²) >= 11 is 0. The minimum absolute atomic E-state index is 0.0398. The maximum Gasteiger partial charge on any atom is 0.272 e. The summed E-state index contributed by atoms with van der Waals surface area (Å²) in [5.74, 6) is 0.536. The van der Waals surface area contributed by atoms with Gasteiger partial charge in [0.2, 0.25) is 0 Å². The molecule has 2 rings (SSSR count). The van der Waals surface area contributed by atoms with Crippen molar-refractivity contribution >= 4 is 5.69 Å². The number of nitrogens with two attached hydrogens (primary N) is 1. The van der Waals surface area contributed by atoms with Crippen molar-refractivity contribution in [1.82, 2.24) is 0 Å². The van der Waals surface area contributed by atoms with Crippen molar-refractivity contribution in [1.29, 1.82) is 0 Å². The van der Waals surface area contributed by atoms with Crippen molar-refractivity contribution in [2.45, 2.75) is 20.4 Å². The van der Waals surface area contributed by atoms with Crippen molar-refractivity contribution in [3.8, 4) is 11.5 Å². The molecule has 2 N–H and O–H groups in total. The molecule has 0 heterocycles. The molecule has 21 heavy (non-hydrogen) atoms. The van der Waals surface area contributed by atoms with Gasteiger partial charge in [-0.05, 0) is 43.7 Å². The number of ether oxygens (including phenoxy) is 1. The highest BCUT2D eigenvalue weighted by atomic mass is 19.1. The summed E-state index contributed by atoms with van der Waals surface area (Å²) in [5.41, 5.74) is 7.26. The lowest BCUT2D eigenvalue weighted by Crippen LogP contribution is -2.01. The minimum Gasteiger partial charge on any atom is -0.457 e. The third-order valence-electron chi connectivity index (χ3n) is 3.15. The van der Waals surface area contributed by atoms with Crippen LogP contribution in [0.3, 0.4) is 0 Å². The van der Waals surface area contributed by atoms with Crippen LogP contribution in [-0.4, -0.2) is 4.92 Å². The number of hydrogen-bond donors (Lipinski definition) is 1. The molecule has 0 fully saturated rings. The molecule has 5 nitrogen and oxygen atoms in total. The van der Waals surface area contributed by atoms with Gasteiger partial charge in [0.05, 0.1) is 4.92 Å². The zero-order chi connectivity index (χ0) is 15.6. The highest BCUT2D eigenvalue weighted by Gasteiger charge is 2.15. The Morgan fingerprint density at radius 1 is 1.19 bits per heavy atom. The van der Waals surface area contributed by atoms with E-state index in [0.717, 1.165) is 0 Å². The summed E-state index contributed by atoms with van der Waals surface area (Å²) in [6.07, 6.45) is 0. The predicted molar refractivity (Wildman–Crippen MR) is 76.9 cm³/mol. The molecule has 0 bridgehead atoms. The van der Waals surface area contributed by atoms with Crippen LogP contribution in [0.2, 0.25) is 0 Å². The van der Waals surface area contributed by atoms with Crippen LogP contribution in [-0.2, 0) is 6.54 Å². The van der Waals surface area contributed by atoms with Gasteiger partial charge in [0.1, 0.15) is 17.3 Å². The van der Waals surface area contributed by atoms with Gasteiger partial charge >= 0.3 is 0 Å². The first-order chi connectivity index (χ1) is 9.92. The fourth-order valence-corrected chi connectivity index (χ4v) is 2.01. The van der Waals surface area contributed by atoms with Crippen LogP contribution in [0.5, 0.6) is 11.5 Å². The quantitative estimate of drug-likeness (QED) is 0.689. The molecule has 0 atom stereocenters. The SMILES string of the molecule is Cc1cc([N+](=O)[O-])c(C)cc1Oc1ccc(F)cc1CN. The Morgan fingerprint density at radius 2 is 1.90 bits per heavy atom. The molecule has 0 spiro atoms. The Morgan fingerprint density at radius 3 is 2.52 bits per heavy atom. The lowest BCUT2D eigenvalue weighted by atomic mass is 10.1. The molecule has 0 amide bonds. The molecule has 2 aromatic rings. The van der Waals surface area contributed by atoms with E-state index in [2.05, 4.69) is 0 Å². The van der Waals surface area contributed by atoms with Crippen LogP contribution in [0.4, 0.5) is 10.1 Å². The van der Waals surface area contributed by atoms with Crippen molar-refractivity contribution in [2.24, 2.45) is 5.73 Å². The van der Waals surface area contributed by atoms with E-state index in [1.54, 1.807) is 19.9 Å². The lowest BCUT2D eigenvalue weighted by molar-refractivity contribution is -0.385. The second-order valence-electron chi connectivity index (χ2n) is 4.72. The Kier molecular flexibility index (Phi) is 4.18. The first-order valence-corrected chi connectivity index (χ1v) is 6.34. The van der Waals surface area contributed by atoms with E-state index in [-0.39, 0.29) is 18.0 Å². The molecule has 0 aliphatic heterocycles. The van der Waals surface area contributed by atoms with Gasteiger partial charge in [-0.2, -0.15) is 0 Å². The standard InChI is InChI=1S/C15H15FN2O3/c1-9-6-15(10(2)5-13(9)18(19)20)21-14-4-3-12(16)7-11(14)8-17/h3-7H,8,17H2,1-2H3. The maximum absolute atomic E-state index is 13.2. The molecule has 0 unspecified atom stereocenters. The van der Waals surface area contributed by atoms with Crippen molar-refractivity contribution in [2.75, 3.05) is 0 Å². The second-order valence-corrected chi connectivity index (χ2v) is 4.72. The van der Waals surface area contributed by atoms with Gasteiger partial charge in [-0.3, -0.25) is 10.1 Å². The van der Waals surface area contributed by atoms with Crippen LogP contribution in [0.25, 0.3) is 0 Å². The van der Waals surface area contributed by atoms with Gasteiger partial charge in [0.25, 0.3) is 5.69 Å². The second kappa shape index (κ2) is 5.88. The number of rotatable bonds is 4. The topological polar surface area (TPSA) is 78.4 Å². The zero-order valence-corrected chi connectivity index (χ0v) is 11.7. The molecule has 2 aromatic carbocycles. The molecular weight excluding hydrogens is 275 g/mol. The monoisotopic (exact) mass is 290 g/mol. The van der Waals surface area contributed by atoms with Crippen LogP contribution < -0.4 is 10.5 Å². The molecule has 6 heteroatoms. The third-order valence-corrected chi connectivity index (χ3v) is 3.15. The largest absolute Gasteiger partial charge is 0.457 e. The smallest absolute Gasteiger partial charge is 0.272 e. The van der Waals surface area contributed by atoms with Gasteiger partial charge < -0.3 is 10.5 Å². The van der Waals surface area contributed by atoms with Gasteiger partial charge in [-0.15, -0.1) is 0 Å². The Hall–Kier alpha value is -2.47. The molecular formula is C15H15FN2O3.